The van der Waals surface area contributed by atoms with Crippen molar-refractivity contribution in [3.8, 4) is 5.75 Å². The molecule has 0 aliphatic carbocycles. The topological polar surface area (TPSA) is 118 Å². The summed E-state index contributed by atoms with van der Waals surface area (Å²) in [4.78, 5) is 54.1. The predicted octanol–water partition coefficient (Wildman–Crippen LogP) is 4.35. The van der Waals surface area contributed by atoms with Gasteiger partial charge in [-0.1, -0.05) is 47.6 Å². The molecule has 0 fully saturated rings. The maximum atomic E-state index is 13.1. The second kappa shape index (κ2) is 11.8. The van der Waals surface area contributed by atoms with E-state index >= 15 is 0 Å². The normalized spacial score (nSPS) is 15.6. The summed E-state index contributed by atoms with van der Waals surface area (Å²) in [6, 6.07) is 19.1. The molecular weight excluding hydrogens is 576 g/mol. The molecule has 0 saturated carbocycles. The molecule has 2 amide bonds. The number of nitrogens with zero attached hydrogens (tertiary/aromatic N) is 5. The first-order chi connectivity index (χ1) is 20.4. The summed E-state index contributed by atoms with van der Waals surface area (Å²) >= 11 is 7.39. The molecule has 0 radical (unpaired) electrons. The summed E-state index contributed by atoms with van der Waals surface area (Å²) < 4.78 is 6.57. The molecule has 2 aliphatic heterocycles. The third kappa shape index (κ3) is 5.65. The summed E-state index contributed by atoms with van der Waals surface area (Å²) in [6.45, 7) is 0.369. The zero-order valence-electron chi connectivity index (χ0n) is 22.5. The maximum Gasteiger partial charge on any atom is 0.270 e. The Balaban J connectivity index is 1.18. The minimum absolute atomic E-state index is 0.136. The zero-order valence-corrected chi connectivity index (χ0v) is 24.1. The third-order valence-corrected chi connectivity index (χ3v) is 8.14. The molecule has 1 atom stereocenters. The van der Waals surface area contributed by atoms with Gasteiger partial charge in [0.25, 0.3) is 11.5 Å². The van der Waals surface area contributed by atoms with E-state index in [2.05, 4.69) is 15.3 Å². The number of thioether (sulfide) groups is 1. The number of hydrogen-bond donors (Lipinski definition) is 1. The van der Waals surface area contributed by atoms with Crippen LogP contribution in [0, 0.1) is 0 Å². The standard InChI is InChI=1S/C30H25ClN6O4S/c1-41-21-9-6-18(7-10-21)15-32-26(38)13-11-24-29(40)35-28-22-4-2-3-5-23(22)34-30(37(24)28)42-17-20-14-27(39)36-16-19(31)8-12-25(36)33-20/h2-10,12,14,16,24H,11,13,15,17H2,1H3,(H,32,38). The molecule has 1 N–H and O–H groups in total. The number of hydrogen-bond acceptors (Lipinski definition) is 8. The van der Waals surface area contributed by atoms with Gasteiger partial charge in [-0.25, -0.2) is 9.98 Å². The molecule has 0 saturated heterocycles. The summed E-state index contributed by atoms with van der Waals surface area (Å²) in [5.41, 5.74) is 3.19. The number of halogens is 1. The van der Waals surface area contributed by atoms with Crippen LogP contribution in [0.3, 0.4) is 0 Å². The predicted molar refractivity (Wildman–Crippen MR) is 163 cm³/mol. The Morgan fingerprint density at radius 2 is 1.88 bits per heavy atom. The van der Waals surface area contributed by atoms with E-state index in [1.807, 2.05) is 48.5 Å². The monoisotopic (exact) mass is 600 g/mol. The lowest BCUT2D eigenvalue weighted by Crippen LogP contribution is -2.44. The van der Waals surface area contributed by atoms with Crippen molar-refractivity contribution >= 4 is 57.5 Å². The minimum atomic E-state index is -0.677. The van der Waals surface area contributed by atoms with E-state index in [-0.39, 0.29) is 30.2 Å². The number of ether oxygens (including phenoxy) is 1. The molecule has 0 spiro atoms. The van der Waals surface area contributed by atoms with Gasteiger partial charge in [-0.2, -0.15) is 4.99 Å². The lowest BCUT2D eigenvalue weighted by atomic mass is 10.1. The van der Waals surface area contributed by atoms with Gasteiger partial charge in [0.15, 0.2) is 5.17 Å². The molecule has 6 rings (SSSR count). The Labute approximate surface area is 250 Å². The van der Waals surface area contributed by atoms with Gasteiger partial charge in [-0.3, -0.25) is 23.7 Å². The van der Waals surface area contributed by atoms with Crippen molar-refractivity contribution in [3.05, 3.63) is 105 Å². The number of benzene rings is 2. The minimum Gasteiger partial charge on any atom is -0.497 e. The molecular formula is C30H25ClN6O4S. The van der Waals surface area contributed by atoms with Crippen LogP contribution in [0.5, 0.6) is 5.75 Å². The second-order valence-electron chi connectivity index (χ2n) is 9.68. The highest BCUT2D eigenvalue weighted by molar-refractivity contribution is 8.13. The Morgan fingerprint density at radius 1 is 1.07 bits per heavy atom. The van der Waals surface area contributed by atoms with Gasteiger partial charge in [-0.05, 0) is 48.4 Å². The van der Waals surface area contributed by atoms with E-state index in [0.29, 0.717) is 45.4 Å². The first kappa shape index (κ1) is 27.7. The molecule has 4 aromatic rings. The smallest absolute Gasteiger partial charge is 0.270 e. The molecule has 4 heterocycles. The number of nitrogens with one attached hydrogen (secondary N) is 1. The number of amidine groups is 2. The summed E-state index contributed by atoms with van der Waals surface area (Å²) in [7, 11) is 1.60. The van der Waals surface area contributed by atoms with Crippen LogP contribution in [0.25, 0.3) is 5.65 Å². The fourth-order valence-corrected chi connectivity index (χ4v) is 5.92. The Kier molecular flexibility index (Phi) is 7.77. The Hall–Kier alpha value is -4.48. The number of fused-ring (bicyclic) bond motifs is 4. The highest BCUT2D eigenvalue weighted by Gasteiger charge is 2.41. The lowest BCUT2D eigenvalue weighted by molar-refractivity contribution is -0.122. The Bertz CT molecular complexity index is 1820. The van der Waals surface area contributed by atoms with Crippen LogP contribution in [-0.2, 0) is 21.9 Å². The van der Waals surface area contributed by atoms with E-state index in [4.69, 9.17) is 21.3 Å². The van der Waals surface area contributed by atoms with Crippen LogP contribution in [-0.4, -0.2) is 50.3 Å². The van der Waals surface area contributed by atoms with Gasteiger partial charge in [-0.15, -0.1) is 0 Å². The second-order valence-corrected chi connectivity index (χ2v) is 11.1. The molecule has 2 aromatic heterocycles. The number of carbonyl (C=O) groups is 2. The first-order valence-electron chi connectivity index (χ1n) is 13.2. The van der Waals surface area contributed by atoms with Crippen LogP contribution in [0.1, 0.15) is 29.7 Å². The number of para-hydroxylation sites is 1. The highest BCUT2D eigenvalue weighted by atomic mass is 35.5. The first-order valence-corrected chi connectivity index (χ1v) is 14.6. The average molecular weight is 601 g/mol. The molecule has 42 heavy (non-hydrogen) atoms. The van der Waals surface area contributed by atoms with E-state index in [1.165, 1.54) is 28.4 Å². The lowest BCUT2D eigenvalue weighted by Gasteiger charge is -2.31. The zero-order chi connectivity index (χ0) is 29.2. The van der Waals surface area contributed by atoms with Crippen molar-refractivity contribution in [1.29, 1.82) is 0 Å². The van der Waals surface area contributed by atoms with Crippen LogP contribution >= 0.6 is 23.4 Å². The van der Waals surface area contributed by atoms with Crippen LogP contribution in [0.4, 0.5) is 5.69 Å². The van der Waals surface area contributed by atoms with Gasteiger partial charge in [0.1, 0.15) is 23.3 Å². The van der Waals surface area contributed by atoms with Crippen LogP contribution < -0.4 is 15.6 Å². The number of pyridine rings is 1. The van der Waals surface area contributed by atoms with E-state index < -0.39 is 6.04 Å². The SMILES string of the molecule is COc1ccc(CNC(=O)CCC2C(=O)N=C3c4ccccc4N=C(SCc4cc(=O)n5cc(Cl)ccc5n4)N32)cc1. The van der Waals surface area contributed by atoms with Gasteiger partial charge >= 0.3 is 0 Å². The quantitative estimate of drug-likeness (QED) is 0.320. The number of amides is 2. The van der Waals surface area contributed by atoms with Gasteiger partial charge < -0.3 is 10.1 Å². The number of methoxy groups -OCH3 is 1. The average Bonchev–Trinajstić information content (AvgIpc) is 3.34. The van der Waals surface area contributed by atoms with Crippen LogP contribution in [0.15, 0.2) is 87.7 Å². The molecule has 2 aromatic carbocycles. The summed E-state index contributed by atoms with van der Waals surface area (Å²) in [6.07, 6.45) is 1.93. The number of rotatable bonds is 8. The van der Waals surface area contributed by atoms with E-state index in [1.54, 1.807) is 24.1 Å². The summed E-state index contributed by atoms with van der Waals surface area (Å²) in [5.74, 6) is 1.10. The van der Waals surface area contributed by atoms with Crippen molar-refractivity contribution in [2.45, 2.75) is 31.2 Å². The van der Waals surface area contributed by atoms with Gasteiger partial charge in [0.05, 0.1) is 23.5 Å². The highest BCUT2D eigenvalue weighted by Crippen LogP contribution is 2.35. The molecule has 212 valence electrons. The van der Waals surface area contributed by atoms with E-state index in [9.17, 15) is 14.4 Å². The number of aromatic nitrogens is 2. The molecule has 12 heteroatoms. The fraction of sp³-hybridized carbons (Fsp3) is 0.200. The third-order valence-electron chi connectivity index (χ3n) is 6.93. The van der Waals surface area contributed by atoms with Gasteiger partial charge in [0, 0.05) is 36.5 Å². The van der Waals surface area contributed by atoms with Crippen molar-refractivity contribution in [1.82, 2.24) is 19.6 Å². The van der Waals surface area contributed by atoms with E-state index in [0.717, 1.165) is 16.9 Å². The molecule has 0 bridgehead atoms. The van der Waals surface area contributed by atoms with Crippen molar-refractivity contribution in [2.75, 3.05) is 7.11 Å². The molecule has 1 unspecified atom stereocenters. The maximum absolute atomic E-state index is 13.1. The number of carbonyl (C=O) groups excluding carboxylic acids is 2. The van der Waals surface area contributed by atoms with Gasteiger partial charge in [0.2, 0.25) is 5.91 Å². The van der Waals surface area contributed by atoms with Crippen molar-refractivity contribution < 1.29 is 14.3 Å². The summed E-state index contributed by atoms with van der Waals surface area (Å²) in [5, 5.41) is 3.91. The fourth-order valence-electron chi connectivity index (χ4n) is 4.81. The molecule has 2 aliphatic rings. The Morgan fingerprint density at radius 3 is 2.69 bits per heavy atom. The largest absolute Gasteiger partial charge is 0.497 e. The van der Waals surface area contributed by atoms with Crippen molar-refractivity contribution in [3.63, 3.8) is 0 Å². The number of aliphatic imine (C=N–C) groups is 2. The van der Waals surface area contributed by atoms with Crippen molar-refractivity contribution in [2.24, 2.45) is 9.98 Å². The van der Waals surface area contributed by atoms with Crippen LogP contribution in [0.2, 0.25) is 5.02 Å². The molecule has 10 nitrogen and oxygen atoms in total.